The molecule has 0 bridgehead atoms. The van der Waals surface area contributed by atoms with E-state index in [1.807, 2.05) is 36.4 Å². The van der Waals surface area contributed by atoms with Crippen LogP contribution >= 0.6 is 0 Å². The Morgan fingerprint density at radius 3 is 1.91 bits per heavy atom. The second-order valence-corrected chi connectivity index (χ2v) is 6.24. The molecule has 128 valence electrons. The maximum Gasteiger partial charge on any atom is 0.0718 e. The van der Waals surface area contributed by atoms with Crippen molar-refractivity contribution in [1.82, 2.24) is 0 Å². The topological polar surface area (TPSA) is 40.1 Å². The van der Waals surface area contributed by atoms with Gasteiger partial charge in [-0.05, 0) is 18.4 Å². The molecule has 0 unspecified atom stereocenters. The second kappa shape index (κ2) is 12.9. The molecule has 1 aromatic carbocycles. The SMILES string of the molecule is CCCCCCCCCCCC/C=C(\C(=O)[O-])c1ccccc1. The first-order chi connectivity index (χ1) is 11.3. The van der Waals surface area contributed by atoms with Gasteiger partial charge in [0.15, 0.2) is 0 Å². The summed E-state index contributed by atoms with van der Waals surface area (Å²) in [6.45, 7) is 2.25. The third-order valence-electron chi connectivity index (χ3n) is 4.21. The Morgan fingerprint density at radius 1 is 0.870 bits per heavy atom. The highest BCUT2D eigenvalue weighted by atomic mass is 16.4. The van der Waals surface area contributed by atoms with E-state index in [0.717, 1.165) is 18.4 Å². The number of benzene rings is 1. The van der Waals surface area contributed by atoms with Gasteiger partial charge in [0.1, 0.15) is 0 Å². The zero-order valence-corrected chi connectivity index (χ0v) is 14.6. The summed E-state index contributed by atoms with van der Waals surface area (Å²) < 4.78 is 0. The number of carboxylic acids is 1. The first kappa shape index (κ1) is 19.5. The first-order valence-corrected chi connectivity index (χ1v) is 9.22. The van der Waals surface area contributed by atoms with E-state index in [-0.39, 0.29) is 0 Å². The van der Waals surface area contributed by atoms with Gasteiger partial charge in [0.2, 0.25) is 0 Å². The van der Waals surface area contributed by atoms with Crippen LogP contribution in [0.15, 0.2) is 36.4 Å². The lowest BCUT2D eigenvalue weighted by molar-refractivity contribution is -0.295. The van der Waals surface area contributed by atoms with Crippen molar-refractivity contribution in [2.24, 2.45) is 0 Å². The Balaban J connectivity index is 2.13. The standard InChI is InChI=1S/C21H32O2/c1-2-3-4-5-6-7-8-9-10-11-15-18-20(21(22)23)19-16-13-12-14-17-19/h12-14,16-18H,2-11,15H2,1H3,(H,22,23)/p-1/b20-18-. The molecule has 2 heteroatoms. The molecular formula is C21H31O2-. The van der Waals surface area contributed by atoms with Crippen molar-refractivity contribution in [3.63, 3.8) is 0 Å². The average Bonchev–Trinajstić information content (AvgIpc) is 2.56. The summed E-state index contributed by atoms with van der Waals surface area (Å²) in [7, 11) is 0. The normalized spacial score (nSPS) is 11.6. The molecule has 0 aliphatic rings. The lowest BCUT2D eigenvalue weighted by atomic mass is 10.0. The minimum absolute atomic E-state index is 0.321. The number of carbonyl (C=O) groups excluding carboxylic acids is 1. The summed E-state index contributed by atoms with van der Waals surface area (Å²) in [5.41, 5.74) is 1.06. The van der Waals surface area contributed by atoms with Gasteiger partial charge in [-0.3, -0.25) is 0 Å². The lowest BCUT2D eigenvalue weighted by Gasteiger charge is -2.09. The molecule has 0 fully saturated rings. The molecule has 2 nitrogen and oxygen atoms in total. The van der Waals surface area contributed by atoms with Crippen LogP contribution in [0.4, 0.5) is 0 Å². The Bertz CT molecular complexity index is 448. The quantitative estimate of drug-likeness (QED) is 0.374. The van der Waals surface area contributed by atoms with Crippen molar-refractivity contribution in [3.8, 4) is 0 Å². The third kappa shape index (κ3) is 9.22. The van der Waals surface area contributed by atoms with Gasteiger partial charge >= 0.3 is 0 Å². The van der Waals surface area contributed by atoms with Gasteiger partial charge in [-0.2, -0.15) is 0 Å². The van der Waals surface area contributed by atoms with Crippen molar-refractivity contribution in [2.75, 3.05) is 0 Å². The number of rotatable bonds is 13. The first-order valence-electron chi connectivity index (χ1n) is 9.22. The second-order valence-electron chi connectivity index (χ2n) is 6.24. The maximum absolute atomic E-state index is 11.2. The van der Waals surface area contributed by atoms with E-state index in [1.54, 1.807) is 0 Å². The highest BCUT2D eigenvalue weighted by molar-refractivity contribution is 6.14. The van der Waals surface area contributed by atoms with Gasteiger partial charge in [-0.1, -0.05) is 101 Å². The number of hydrogen-bond acceptors (Lipinski definition) is 2. The van der Waals surface area contributed by atoms with E-state index in [9.17, 15) is 9.90 Å². The molecular weight excluding hydrogens is 284 g/mol. The number of carboxylic acid groups (broad SMARTS) is 1. The molecule has 0 heterocycles. The molecule has 1 aromatic rings. The van der Waals surface area contributed by atoms with E-state index < -0.39 is 5.97 Å². The predicted molar refractivity (Wildman–Crippen MR) is 95.9 cm³/mol. The fraction of sp³-hybridized carbons (Fsp3) is 0.571. The molecule has 0 aliphatic carbocycles. The summed E-state index contributed by atoms with van der Waals surface area (Å²) in [6, 6.07) is 9.23. The van der Waals surface area contributed by atoms with Gasteiger partial charge in [0, 0.05) is 5.57 Å². The van der Waals surface area contributed by atoms with Crippen LogP contribution < -0.4 is 5.11 Å². The number of aliphatic carboxylic acids is 1. The van der Waals surface area contributed by atoms with E-state index >= 15 is 0 Å². The summed E-state index contributed by atoms with van der Waals surface area (Å²) >= 11 is 0. The summed E-state index contributed by atoms with van der Waals surface area (Å²) in [4.78, 5) is 11.2. The third-order valence-corrected chi connectivity index (χ3v) is 4.21. The fourth-order valence-electron chi connectivity index (χ4n) is 2.81. The molecule has 0 amide bonds. The van der Waals surface area contributed by atoms with E-state index in [4.69, 9.17) is 0 Å². The highest BCUT2D eigenvalue weighted by Crippen LogP contribution is 2.16. The molecule has 0 atom stereocenters. The van der Waals surface area contributed by atoms with Crippen molar-refractivity contribution in [1.29, 1.82) is 0 Å². The van der Waals surface area contributed by atoms with E-state index in [2.05, 4.69) is 6.92 Å². The number of allylic oxidation sites excluding steroid dienone is 1. The average molecular weight is 315 g/mol. The Labute approximate surface area is 141 Å². The molecule has 0 N–H and O–H groups in total. The molecule has 0 saturated heterocycles. The van der Waals surface area contributed by atoms with Crippen molar-refractivity contribution in [2.45, 2.75) is 77.6 Å². The van der Waals surface area contributed by atoms with Gasteiger partial charge < -0.3 is 9.90 Å². The van der Waals surface area contributed by atoms with Crippen molar-refractivity contribution >= 4 is 11.5 Å². The van der Waals surface area contributed by atoms with Crippen molar-refractivity contribution < 1.29 is 9.90 Å². The lowest BCUT2D eigenvalue weighted by Crippen LogP contribution is -2.23. The summed E-state index contributed by atoms with van der Waals surface area (Å²) in [6.07, 6.45) is 15.6. The van der Waals surface area contributed by atoms with E-state index in [0.29, 0.717) is 5.57 Å². The largest absolute Gasteiger partial charge is 0.545 e. The molecule has 0 aromatic heterocycles. The van der Waals surface area contributed by atoms with Gasteiger partial charge in [-0.25, -0.2) is 0 Å². The van der Waals surface area contributed by atoms with Gasteiger partial charge in [-0.15, -0.1) is 0 Å². The van der Waals surface area contributed by atoms with Crippen LogP contribution in [0, 0.1) is 0 Å². The minimum atomic E-state index is -1.08. The van der Waals surface area contributed by atoms with E-state index in [1.165, 1.54) is 57.8 Å². The van der Waals surface area contributed by atoms with Crippen LogP contribution in [0.25, 0.3) is 5.57 Å². The fourth-order valence-corrected chi connectivity index (χ4v) is 2.81. The molecule has 1 rings (SSSR count). The molecule has 0 aliphatic heterocycles. The number of unbranched alkanes of at least 4 members (excludes halogenated alkanes) is 10. The zero-order chi connectivity index (χ0) is 16.8. The smallest absolute Gasteiger partial charge is 0.0718 e. The summed E-state index contributed by atoms with van der Waals surface area (Å²) in [5, 5.41) is 11.2. The van der Waals surface area contributed by atoms with Crippen LogP contribution in [-0.4, -0.2) is 5.97 Å². The monoisotopic (exact) mass is 315 g/mol. The number of carbonyl (C=O) groups is 1. The molecule has 0 spiro atoms. The van der Waals surface area contributed by atoms with Gasteiger partial charge in [0.05, 0.1) is 5.97 Å². The molecule has 0 radical (unpaired) electrons. The van der Waals surface area contributed by atoms with Crippen LogP contribution in [-0.2, 0) is 4.79 Å². The molecule has 0 saturated carbocycles. The summed E-state index contributed by atoms with van der Waals surface area (Å²) in [5.74, 6) is -1.08. The Kier molecular flexibility index (Phi) is 10.9. The van der Waals surface area contributed by atoms with Gasteiger partial charge in [0.25, 0.3) is 0 Å². The number of hydrogen-bond donors (Lipinski definition) is 0. The Hall–Kier alpha value is -1.57. The van der Waals surface area contributed by atoms with Crippen LogP contribution in [0.5, 0.6) is 0 Å². The van der Waals surface area contributed by atoms with Crippen molar-refractivity contribution in [3.05, 3.63) is 42.0 Å². The highest BCUT2D eigenvalue weighted by Gasteiger charge is 2.01. The predicted octanol–water partition coefficient (Wildman–Crippen LogP) is 5.13. The molecule has 23 heavy (non-hydrogen) atoms. The van der Waals surface area contributed by atoms with Crippen LogP contribution in [0.3, 0.4) is 0 Å². The maximum atomic E-state index is 11.2. The van der Waals surface area contributed by atoms with Crippen LogP contribution in [0.1, 0.15) is 83.1 Å². The zero-order valence-electron chi connectivity index (χ0n) is 14.6. The Morgan fingerprint density at radius 2 is 1.39 bits per heavy atom. The minimum Gasteiger partial charge on any atom is -0.545 e. The van der Waals surface area contributed by atoms with Crippen LogP contribution in [0.2, 0.25) is 0 Å².